The molecule has 4 N–H and O–H groups in total. The van der Waals surface area contributed by atoms with Gasteiger partial charge in [-0.3, -0.25) is 15.1 Å². The first-order chi connectivity index (χ1) is 13.3. The Morgan fingerprint density at radius 3 is 2.57 bits per heavy atom. The predicted octanol–water partition coefficient (Wildman–Crippen LogP) is 1.38. The maximum absolute atomic E-state index is 12.3. The van der Waals surface area contributed by atoms with E-state index in [1.54, 1.807) is 0 Å². The van der Waals surface area contributed by atoms with Crippen molar-refractivity contribution in [1.29, 1.82) is 0 Å². The second kappa shape index (κ2) is 8.96. The first-order valence-corrected chi connectivity index (χ1v) is 10.2. The number of nitrogens with one attached hydrogen (secondary N) is 4. The number of ether oxygens (including phenoxy) is 1. The van der Waals surface area contributed by atoms with Crippen LogP contribution in [0.15, 0.2) is 23.9 Å². The Labute approximate surface area is 167 Å². The van der Waals surface area contributed by atoms with E-state index in [-0.39, 0.29) is 18.1 Å². The van der Waals surface area contributed by atoms with E-state index >= 15 is 0 Å². The van der Waals surface area contributed by atoms with Gasteiger partial charge >= 0.3 is 6.09 Å². The Morgan fingerprint density at radius 2 is 1.93 bits per heavy atom. The molecular formula is C20H33N5O3. The van der Waals surface area contributed by atoms with Gasteiger partial charge in [0.1, 0.15) is 11.3 Å². The highest BCUT2D eigenvalue weighted by Gasteiger charge is 2.28. The van der Waals surface area contributed by atoms with Gasteiger partial charge in [0.15, 0.2) is 0 Å². The minimum absolute atomic E-state index is 0.0199. The van der Waals surface area contributed by atoms with E-state index in [0.717, 1.165) is 32.5 Å². The van der Waals surface area contributed by atoms with Gasteiger partial charge in [0.2, 0.25) is 0 Å². The first kappa shape index (κ1) is 20.7. The Bertz CT molecular complexity index is 628. The summed E-state index contributed by atoms with van der Waals surface area (Å²) >= 11 is 0. The zero-order valence-electron chi connectivity index (χ0n) is 17.1. The topological polar surface area (TPSA) is 94.7 Å². The highest BCUT2D eigenvalue weighted by atomic mass is 16.6. The molecule has 2 fully saturated rings. The number of hydrazine groups is 1. The van der Waals surface area contributed by atoms with Crippen LogP contribution in [0.1, 0.15) is 46.5 Å². The van der Waals surface area contributed by atoms with E-state index in [9.17, 15) is 9.59 Å². The van der Waals surface area contributed by atoms with Crippen molar-refractivity contribution >= 4 is 12.0 Å². The zero-order valence-corrected chi connectivity index (χ0v) is 17.1. The van der Waals surface area contributed by atoms with Crippen LogP contribution in [-0.2, 0) is 9.53 Å². The third-order valence-corrected chi connectivity index (χ3v) is 5.05. The summed E-state index contributed by atoms with van der Waals surface area (Å²) in [4.78, 5) is 26.4. The minimum atomic E-state index is -0.510. The van der Waals surface area contributed by atoms with Gasteiger partial charge in [-0.15, -0.1) is 0 Å². The number of amides is 2. The van der Waals surface area contributed by atoms with E-state index in [1.165, 1.54) is 12.8 Å². The lowest BCUT2D eigenvalue weighted by Crippen LogP contribution is -2.55. The Kier molecular flexibility index (Phi) is 6.61. The van der Waals surface area contributed by atoms with Crippen molar-refractivity contribution in [2.24, 2.45) is 5.92 Å². The summed E-state index contributed by atoms with van der Waals surface area (Å²) in [5, 5.41) is 6.34. The lowest BCUT2D eigenvalue weighted by molar-refractivity contribution is -0.118. The SMILES string of the molecule is CC(C)(C)OC(=O)NNC1CCN(C2C=CC=C(C(=O)NCC3CC3)N2)CC1. The van der Waals surface area contributed by atoms with Crippen LogP contribution in [0, 0.1) is 5.92 Å². The Balaban J connectivity index is 1.37. The number of hydrogen-bond donors (Lipinski definition) is 4. The number of allylic oxidation sites excluding steroid dienone is 2. The van der Waals surface area contributed by atoms with Gasteiger partial charge < -0.3 is 15.4 Å². The number of dihydropyridines is 1. The molecule has 1 atom stereocenters. The van der Waals surface area contributed by atoms with E-state index < -0.39 is 11.7 Å². The molecule has 0 aromatic heterocycles. The molecule has 0 aromatic rings. The summed E-state index contributed by atoms with van der Waals surface area (Å²) in [7, 11) is 0. The summed E-state index contributed by atoms with van der Waals surface area (Å²) < 4.78 is 5.23. The summed E-state index contributed by atoms with van der Waals surface area (Å²) in [6, 6.07) is 0.202. The van der Waals surface area contributed by atoms with Crippen molar-refractivity contribution in [3.63, 3.8) is 0 Å². The van der Waals surface area contributed by atoms with Crippen molar-refractivity contribution in [3.8, 4) is 0 Å². The van der Waals surface area contributed by atoms with Crippen LogP contribution in [0.25, 0.3) is 0 Å². The fourth-order valence-electron chi connectivity index (χ4n) is 3.31. The van der Waals surface area contributed by atoms with Crippen LogP contribution in [-0.4, -0.2) is 54.3 Å². The Hall–Kier alpha value is -2.06. The van der Waals surface area contributed by atoms with Crippen molar-refractivity contribution < 1.29 is 14.3 Å². The van der Waals surface area contributed by atoms with Crippen LogP contribution < -0.4 is 21.5 Å². The van der Waals surface area contributed by atoms with Gasteiger partial charge in [-0.1, -0.05) is 6.08 Å². The number of piperidine rings is 1. The highest BCUT2D eigenvalue weighted by Crippen LogP contribution is 2.27. The summed E-state index contributed by atoms with van der Waals surface area (Å²) in [6.07, 6.45) is 9.65. The lowest BCUT2D eigenvalue weighted by Gasteiger charge is -2.38. The molecule has 8 nitrogen and oxygen atoms in total. The number of carbonyl (C=O) groups excluding carboxylic acids is 2. The van der Waals surface area contributed by atoms with Gasteiger partial charge in [0.05, 0.1) is 6.17 Å². The molecule has 1 aliphatic carbocycles. The second-order valence-corrected chi connectivity index (χ2v) is 8.79. The minimum Gasteiger partial charge on any atom is -0.443 e. The maximum atomic E-state index is 12.3. The average molecular weight is 392 g/mol. The molecule has 0 bridgehead atoms. The van der Waals surface area contributed by atoms with E-state index in [2.05, 4.69) is 32.5 Å². The monoisotopic (exact) mass is 391 g/mol. The van der Waals surface area contributed by atoms with E-state index in [0.29, 0.717) is 11.6 Å². The molecule has 8 heteroatoms. The molecule has 0 radical (unpaired) electrons. The van der Waals surface area contributed by atoms with Crippen molar-refractivity contribution in [2.45, 2.75) is 64.3 Å². The fourth-order valence-corrected chi connectivity index (χ4v) is 3.31. The molecule has 2 heterocycles. The zero-order chi connectivity index (χ0) is 20.1. The van der Waals surface area contributed by atoms with Crippen LogP contribution in [0.2, 0.25) is 0 Å². The molecule has 156 valence electrons. The van der Waals surface area contributed by atoms with Gasteiger partial charge in [-0.05, 0) is 64.5 Å². The smallest absolute Gasteiger partial charge is 0.422 e. The molecule has 3 rings (SSSR count). The quantitative estimate of drug-likeness (QED) is 0.511. The predicted molar refractivity (Wildman–Crippen MR) is 107 cm³/mol. The standard InChI is InChI=1S/C20H33N5O3/c1-20(2,3)28-19(27)24-23-15-9-11-25(12-10-15)17-6-4-5-16(22-17)18(26)21-13-14-7-8-14/h4-6,14-15,17,22-23H,7-13H2,1-3H3,(H,21,26)(H,24,27). The molecule has 1 unspecified atom stereocenters. The molecule has 1 saturated heterocycles. The number of carbonyl (C=O) groups is 2. The maximum Gasteiger partial charge on any atom is 0.422 e. The van der Waals surface area contributed by atoms with Crippen molar-refractivity contribution in [2.75, 3.05) is 19.6 Å². The van der Waals surface area contributed by atoms with Crippen LogP contribution in [0.4, 0.5) is 4.79 Å². The molecule has 2 aliphatic heterocycles. The number of nitrogens with zero attached hydrogens (tertiary/aromatic N) is 1. The summed E-state index contributed by atoms with van der Waals surface area (Å²) in [5.74, 6) is 0.639. The molecule has 1 saturated carbocycles. The summed E-state index contributed by atoms with van der Waals surface area (Å²) in [6.45, 7) is 8.02. The third kappa shape index (κ3) is 6.53. The molecule has 3 aliphatic rings. The fraction of sp³-hybridized carbons (Fsp3) is 0.700. The lowest BCUT2D eigenvalue weighted by atomic mass is 10.0. The number of rotatable bonds is 6. The average Bonchev–Trinajstić information content (AvgIpc) is 3.48. The van der Waals surface area contributed by atoms with Crippen LogP contribution >= 0.6 is 0 Å². The number of hydrogen-bond acceptors (Lipinski definition) is 6. The van der Waals surface area contributed by atoms with E-state index in [1.807, 2.05) is 32.9 Å². The molecule has 0 aromatic carbocycles. The van der Waals surface area contributed by atoms with Crippen molar-refractivity contribution in [3.05, 3.63) is 23.9 Å². The third-order valence-electron chi connectivity index (χ3n) is 5.05. The van der Waals surface area contributed by atoms with Gasteiger partial charge in [0.25, 0.3) is 5.91 Å². The number of likely N-dealkylation sites (tertiary alicyclic amines) is 1. The molecular weight excluding hydrogens is 358 g/mol. The first-order valence-electron chi connectivity index (χ1n) is 10.2. The Morgan fingerprint density at radius 1 is 1.21 bits per heavy atom. The van der Waals surface area contributed by atoms with Crippen molar-refractivity contribution in [1.82, 2.24) is 26.4 Å². The molecule has 0 spiro atoms. The normalized spacial score (nSPS) is 23.5. The molecule has 28 heavy (non-hydrogen) atoms. The van der Waals surface area contributed by atoms with Gasteiger partial charge in [0, 0.05) is 25.7 Å². The van der Waals surface area contributed by atoms with Gasteiger partial charge in [-0.25, -0.2) is 10.2 Å². The van der Waals surface area contributed by atoms with E-state index in [4.69, 9.17) is 4.74 Å². The van der Waals surface area contributed by atoms with Gasteiger partial charge in [-0.2, -0.15) is 0 Å². The van der Waals surface area contributed by atoms with Crippen LogP contribution in [0.5, 0.6) is 0 Å². The highest BCUT2D eigenvalue weighted by molar-refractivity contribution is 5.93. The summed E-state index contributed by atoms with van der Waals surface area (Å²) in [5.41, 5.74) is 5.81. The van der Waals surface area contributed by atoms with Crippen LogP contribution in [0.3, 0.4) is 0 Å². The second-order valence-electron chi connectivity index (χ2n) is 8.79. The largest absolute Gasteiger partial charge is 0.443 e. The molecule has 2 amide bonds.